The maximum Gasteiger partial charge on any atom is 0.0588 e. The van der Waals surface area contributed by atoms with Gasteiger partial charge in [0.05, 0.1) is 6.10 Å². The molecule has 1 saturated heterocycles. The summed E-state index contributed by atoms with van der Waals surface area (Å²) in [6.45, 7) is 4.21. The molecule has 1 aliphatic heterocycles. The normalized spacial score (nSPS) is 20.4. The molecule has 0 saturated carbocycles. The van der Waals surface area contributed by atoms with Crippen molar-refractivity contribution in [2.75, 3.05) is 13.2 Å². The Morgan fingerprint density at radius 2 is 2.05 bits per heavy atom. The minimum atomic E-state index is 0.390. The van der Waals surface area contributed by atoms with Gasteiger partial charge >= 0.3 is 0 Å². The Labute approximate surface area is 121 Å². The fourth-order valence-corrected chi connectivity index (χ4v) is 2.93. The first kappa shape index (κ1) is 13.6. The first-order valence-electron chi connectivity index (χ1n) is 7.66. The van der Waals surface area contributed by atoms with Crippen molar-refractivity contribution in [3.8, 4) is 0 Å². The molecular weight excluding hydrogens is 246 g/mol. The molecule has 0 radical (unpaired) electrons. The van der Waals surface area contributed by atoms with Crippen LogP contribution in [0, 0.1) is 0 Å². The Hall–Kier alpha value is -1.38. The van der Waals surface area contributed by atoms with Gasteiger partial charge in [-0.3, -0.25) is 0 Å². The molecule has 0 aliphatic carbocycles. The Morgan fingerprint density at radius 1 is 1.20 bits per heavy atom. The number of benzene rings is 2. The fraction of sp³-hybridized carbons (Fsp3) is 0.444. The molecule has 1 aliphatic rings. The summed E-state index contributed by atoms with van der Waals surface area (Å²) >= 11 is 0. The minimum absolute atomic E-state index is 0.390. The second-order valence-corrected chi connectivity index (χ2v) is 5.71. The highest BCUT2D eigenvalue weighted by molar-refractivity contribution is 5.83. The summed E-state index contributed by atoms with van der Waals surface area (Å²) in [7, 11) is 0. The van der Waals surface area contributed by atoms with E-state index in [9.17, 15) is 0 Å². The number of fused-ring (bicyclic) bond motifs is 1. The number of hydrogen-bond acceptors (Lipinski definition) is 2. The number of rotatable bonds is 5. The Bertz CT molecular complexity index is 560. The monoisotopic (exact) mass is 269 g/mol. The SMILES string of the molecule is C[C@H](NCC[C@H]1CCCO1)c1ccc2ccccc2c1. The van der Waals surface area contributed by atoms with Crippen molar-refractivity contribution < 1.29 is 4.74 Å². The van der Waals surface area contributed by atoms with Gasteiger partial charge in [0.2, 0.25) is 0 Å². The second-order valence-electron chi connectivity index (χ2n) is 5.71. The van der Waals surface area contributed by atoms with E-state index < -0.39 is 0 Å². The molecule has 2 nitrogen and oxygen atoms in total. The predicted octanol–water partition coefficient (Wildman–Crippen LogP) is 4.06. The molecule has 20 heavy (non-hydrogen) atoms. The van der Waals surface area contributed by atoms with Gasteiger partial charge in [-0.1, -0.05) is 36.4 Å². The zero-order valence-electron chi connectivity index (χ0n) is 12.1. The molecule has 3 rings (SSSR count). The zero-order valence-corrected chi connectivity index (χ0v) is 12.1. The smallest absolute Gasteiger partial charge is 0.0588 e. The molecule has 2 aromatic rings. The quantitative estimate of drug-likeness (QED) is 0.884. The van der Waals surface area contributed by atoms with Crippen LogP contribution in [0.25, 0.3) is 10.8 Å². The van der Waals surface area contributed by atoms with Crippen molar-refractivity contribution in [1.82, 2.24) is 5.32 Å². The van der Waals surface area contributed by atoms with Gasteiger partial charge < -0.3 is 10.1 Å². The zero-order chi connectivity index (χ0) is 13.8. The number of ether oxygens (including phenoxy) is 1. The van der Waals surface area contributed by atoms with Crippen LogP contribution in [-0.4, -0.2) is 19.3 Å². The van der Waals surface area contributed by atoms with E-state index in [4.69, 9.17) is 4.74 Å². The molecule has 0 aromatic heterocycles. The third-order valence-electron chi connectivity index (χ3n) is 4.21. The van der Waals surface area contributed by atoms with E-state index >= 15 is 0 Å². The van der Waals surface area contributed by atoms with Crippen LogP contribution >= 0.6 is 0 Å². The Morgan fingerprint density at radius 3 is 2.85 bits per heavy atom. The molecule has 2 atom stereocenters. The Balaban J connectivity index is 1.58. The largest absolute Gasteiger partial charge is 0.378 e. The highest BCUT2D eigenvalue weighted by Crippen LogP contribution is 2.20. The van der Waals surface area contributed by atoms with Crippen LogP contribution in [0.5, 0.6) is 0 Å². The maximum absolute atomic E-state index is 5.66. The van der Waals surface area contributed by atoms with Crippen LogP contribution in [-0.2, 0) is 4.74 Å². The molecule has 2 aromatic carbocycles. The van der Waals surface area contributed by atoms with E-state index in [1.807, 2.05) is 0 Å². The average Bonchev–Trinajstić information content (AvgIpc) is 3.00. The summed E-state index contributed by atoms with van der Waals surface area (Å²) in [5.41, 5.74) is 1.36. The molecule has 0 bridgehead atoms. The number of nitrogens with one attached hydrogen (secondary N) is 1. The van der Waals surface area contributed by atoms with Crippen molar-refractivity contribution in [2.45, 2.75) is 38.3 Å². The molecule has 2 heteroatoms. The van der Waals surface area contributed by atoms with Crippen molar-refractivity contribution in [3.05, 3.63) is 48.0 Å². The van der Waals surface area contributed by atoms with Gasteiger partial charge in [0.25, 0.3) is 0 Å². The molecule has 106 valence electrons. The van der Waals surface area contributed by atoms with Gasteiger partial charge in [0.15, 0.2) is 0 Å². The molecule has 1 heterocycles. The molecule has 0 spiro atoms. The van der Waals surface area contributed by atoms with Gasteiger partial charge in [-0.15, -0.1) is 0 Å². The lowest BCUT2D eigenvalue weighted by molar-refractivity contribution is 0.103. The van der Waals surface area contributed by atoms with Gasteiger partial charge in [0.1, 0.15) is 0 Å². The van der Waals surface area contributed by atoms with E-state index in [0.29, 0.717) is 12.1 Å². The minimum Gasteiger partial charge on any atom is -0.378 e. The summed E-state index contributed by atoms with van der Waals surface area (Å²) in [5, 5.41) is 6.24. The van der Waals surface area contributed by atoms with Crippen LogP contribution in [0.15, 0.2) is 42.5 Å². The van der Waals surface area contributed by atoms with Crippen LogP contribution in [0.1, 0.15) is 37.8 Å². The van der Waals surface area contributed by atoms with E-state index in [-0.39, 0.29) is 0 Å². The highest BCUT2D eigenvalue weighted by Gasteiger charge is 2.15. The van der Waals surface area contributed by atoms with Crippen molar-refractivity contribution in [1.29, 1.82) is 0 Å². The molecule has 0 unspecified atom stereocenters. The topological polar surface area (TPSA) is 21.3 Å². The van der Waals surface area contributed by atoms with Crippen molar-refractivity contribution in [2.24, 2.45) is 0 Å². The summed E-state index contributed by atoms with van der Waals surface area (Å²) in [6.07, 6.45) is 4.06. The van der Waals surface area contributed by atoms with Gasteiger partial charge in [-0.05, 0) is 55.1 Å². The van der Waals surface area contributed by atoms with Crippen LogP contribution in [0.3, 0.4) is 0 Å². The van der Waals surface area contributed by atoms with Crippen LogP contribution < -0.4 is 5.32 Å². The Kier molecular flexibility index (Phi) is 4.34. The summed E-state index contributed by atoms with van der Waals surface area (Å²) in [6, 6.07) is 15.6. The van der Waals surface area contributed by atoms with E-state index in [0.717, 1.165) is 19.6 Å². The summed E-state index contributed by atoms with van der Waals surface area (Å²) in [5.74, 6) is 0. The lowest BCUT2D eigenvalue weighted by Gasteiger charge is -2.16. The standard InChI is InChI=1S/C18H23NO/c1-14(19-11-10-18-7-4-12-20-18)16-9-8-15-5-2-3-6-17(15)13-16/h2-3,5-6,8-9,13-14,18-19H,4,7,10-12H2,1H3/t14-,18+/m0/s1. The summed E-state index contributed by atoms with van der Waals surface area (Å²) < 4.78 is 5.66. The fourth-order valence-electron chi connectivity index (χ4n) is 2.93. The van der Waals surface area contributed by atoms with E-state index in [1.54, 1.807) is 0 Å². The molecular formula is C18H23NO. The average molecular weight is 269 g/mol. The van der Waals surface area contributed by atoms with E-state index in [2.05, 4.69) is 54.7 Å². The summed E-state index contributed by atoms with van der Waals surface area (Å²) in [4.78, 5) is 0. The maximum atomic E-state index is 5.66. The molecule has 1 N–H and O–H groups in total. The molecule has 1 fully saturated rings. The van der Waals surface area contributed by atoms with Gasteiger partial charge in [-0.2, -0.15) is 0 Å². The highest BCUT2D eigenvalue weighted by atomic mass is 16.5. The first-order chi connectivity index (χ1) is 9.83. The van der Waals surface area contributed by atoms with Crippen LogP contribution in [0.4, 0.5) is 0 Å². The lowest BCUT2D eigenvalue weighted by atomic mass is 10.0. The van der Waals surface area contributed by atoms with Crippen LogP contribution in [0.2, 0.25) is 0 Å². The van der Waals surface area contributed by atoms with Gasteiger partial charge in [-0.25, -0.2) is 0 Å². The van der Waals surface area contributed by atoms with Crippen molar-refractivity contribution >= 4 is 10.8 Å². The first-order valence-corrected chi connectivity index (χ1v) is 7.66. The number of hydrogen-bond donors (Lipinski definition) is 1. The third-order valence-corrected chi connectivity index (χ3v) is 4.21. The van der Waals surface area contributed by atoms with Crippen molar-refractivity contribution in [3.63, 3.8) is 0 Å². The lowest BCUT2D eigenvalue weighted by Crippen LogP contribution is -2.23. The predicted molar refractivity (Wildman–Crippen MR) is 84.0 cm³/mol. The molecule has 0 amide bonds. The second kappa shape index (κ2) is 6.38. The van der Waals surface area contributed by atoms with Gasteiger partial charge in [0, 0.05) is 12.6 Å². The van der Waals surface area contributed by atoms with E-state index in [1.165, 1.54) is 29.2 Å². The third kappa shape index (κ3) is 3.20.